The van der Waals surface area contributed by atoms with E-state index < -0.39 is 0 Å². The van der Waals surface area contributed by atoms with Gasteiger partial charge in [0.25, 0.3) is 5.91 Å². The van der Waals surface area contributed by atoms with Crippen LogP contribution < -0.4 is 0 Å². The lowest BCUT2D eigenvalue weighted by Gasteiger charge is -2.28. The second-order valence-electron chi connectivity index (χ2n) is 5.09. The van der Waals surface area contributed by atoms with Crippen LogP contribution in [0.15, 0.2) is 22.9 Å². The molecule has 0 bridgehead atoms. The normalized spacial score (nSPS) is 14.2. The minimum atomic E-state index is -0.104. The van der Waals surface area contributed by atoms with Gasteiger partial charge in [0, 0.05) is 24.6 Å². The van der Waals surface area contributed by atoms with Crippen molar-refractivity contribution in [3.8, 4) is 0 Å². The van der Waals surface area contributed by atoms with Crippen LogP contribution in [0.25, 0.3) is 0 Å². The molecule has 1 aliphatic rings. The van der Waals surface area contributed by atoms with Gasteiger partial charge in [-0.25, -0.2) is 4.98 Å². The monoisotopic (exact) mass is 334 g/mol. The van der Waals surface area contributed by atoms with Gasteiger partial charge in [0.1, 0.15) is 6.33 Å². The first-order valence-corrected chi connectivity index (χ1v) is 7.26. The first kappa shape index (κ1) is 13.3. The van der Waals surface area contributed by atoms with Gasteiger partial charge in [-0.3, -0.25) is 9.48 Å². The van der Waals surface area contributed by atoms with Gasteiger partial charge in [0.05, 0.1) is 0 Å². The maximum atomic E-state index is 12.4. The molecule has 2 aromatic rings. The lowest BCUT2D eigenvalue weighted by Crippen LogP contribution is -2.36. The van der Waals surface area contributed by atoms with Crippen molar-refractivity contribution in [2.24, 2.45) is 7.05 Å². The number of carbonyl (C=O) groups excluding carboxylic acids is 1. The molecule has 0 aliphatic carbocycles. The first-order valence-electron chi connectivity index (χ1n) is 6.47. The van der Waals surface area contributed by atoms with E-state index in [1.807, 2.05) is 0 Å². The van der Waals surface area contributed by atoms with Gasteiger partial charge in [-0.05, 0) is 36.1 Å². The van der Waals surface area contributed by atoms with Crippen molar-refractivity contribution < 1.29 is 4.79 Å². The predicted molar refractivity (Wildman–Crippen MR) is 78.3 cm³/mol. The van der Waals surface area contributed by atoms with Gasteiger partial charge in [-0.1, -0.05) is 22.0 Å². The summed E-state index contributed by atoms with van der Waals surface area (Å²) in [4.78, 5) is 18.2. The zero-order valence-corrected chi connectivity index (χ0v) is 13.0. The van der Waals surface area contributed by atoms with E-state index in [1.165, 1.54) is 16.7 Å². The van der Waals surface area contributed by atoms with Crippen LogP contribution in [0.2, 0.25) is 0 Å². The fourth-order valence-corrected chi connectivity index (χ4v) is 2.85. The highest BCUT2D eigenvalue weighted by Crippen LogP contribution is 2.26. The zero-order valence-electron chi connectivity index (χ0n) is 11.4. The van der Waals surface area contributed by atoms with Crippen LogP contribution in [-0.4, -0.2) is 32.1 Å². The van der Waals surface area contributed by atoms with E-state index in [4.69, 9.17) is 0 Å². The Kier molecular flexibility index (Phi) is 3.33. The molecular formula is C14H15BrN4O. The molecule has 0 atom stereocenters. The van der Waals surface area contributed by atoms with Gasteiger partial charge in [-0.2, -0.15) is 0 Å². The highest BCUT2D eigenvalue weighted by molar-refractivity contribution is 9.10. The maximum absolute atomic E-state index is 12.4. The summed E-state index contributed by atoms with van der Waals surface area (Å²) >= 11 is 3.55. The van der Waals surface area contributed by atoms with Crippen LogP contribution >= 0.6 is 15.9 Å². The zero-order chi connectivity index (χ0) is 14.3. The molecule has 0 spiro atoms. The molecule has 6 heteroatoms. The van der Waals surface area contributed by atoms with E-state index in [2.05, 4.69) is 45.1 Å². The van der Waals surface area contributed by atoms with Crippen LogP contribution in [-0.2, 0) is 20.0 Å². The molecule has 2 heterocycles. The van der Waals surface area contributed by atoms with Crippen molar-refractivity contribution in [3.63, 3.8) is 0 Å². The molecule has 3 rings (SSSR count). The third-order valence-corrected chi connectivity index (χ3v) is 4.43. The topological polar surface area (TPSA) is 51.0 Å². The largest absolute Gasteiger partial charge is 0.331 e. The van der Waals surface area contributed by atoms with Gasteiger partial charge in [0.15, 0.2) is 0 Å². The maximum Gasteiger partial charge on any atom is 0.293 e. The summed E-state index contributed by atoms with van der Waals surface area (Å²) in [6.45, 7) is 3.41. The molecule has 5 nitrogen and oxygen atoms in total. The van der Waals surface area contributed by atoms with Crippen molar-refractivity contribution in [1.29, 1.82) is 0 Å². The minimum Gasteiger partial charge on any atom is -0.331 e. The Bertz CT molecular complexity index is 680. The van der Waals surface area contributed by atoms with Crippen molar-refractivity contribution >= 4 is 21.8 Å². The van der Waals surface area contributed by atoms with Crippen molar-refractivity contribution in [2.75, 3.05) is 6.54 Å². The van der Waals surface area contributed by atoms with Gasteiger partial charge >= 0.3 is 0 Å². The van der Waals surface area contributed by atoms with E-state index in [0.717, 1.165) is 10.9 Å². The second-order valence-corrected chi connectivity index (χ2v) is 5.94. The number of hydrogen-bond donors (Lipinski definition) is 0. The number of carbonyl (C=O) groups is 1. The summed E-state index contributed by atoms with van der Waals surface area (Å²) in [5, 5.41) is 4.08. The molecule has 20 heavy (non-hydrogen) atoms. The number of fused-ring (bicyclic) bond motifs is 1. The molecule has 0 unspecified atom stereocenters. The fourth-order valence-electron chi connectivity index (χ4n) is 2.45. The summed E-state index contributed by atoms with van der Waals surface area (Å²) in [6, 6.07) is 4.30. The first-order chi connectivity index (χ1) is 9.54. The lowest BCUT2D eigenvalue weighted by atomic mass is 9.97. The molecule has 0 radical (unpaired) electrons. The standard InChI is InChI=1S/C14H15BrN4O/c1-9-5-10-3-4-19(7-11(10)6-12(9)15)14(20)13-16-8-18(2)17-13/h5-6,8H,3-4,7H2,1-2H3. The van der Waals surface area contributed by atoms with Crippen molar-refractivity contribution in [2.45, 2.75) is 19.9 Å². The molecular weight excluding hydrogens is 320 g/mol. The molecule has 1 aromatic heterocycles. The smallest absolute Gasteiger partial charge is 0.293 e. The quantitative estimate of drug-likeness (QED) is 0.802. The Balaban J connectivity index is 1.85. The number of nitrogens with zero attached hydrogens (tertiary/aromatic N) is 4. The number of benzene rings is 1. The van der Waals surface area contributed by atoms with Crippen LogP contribution in [0, 0.1) is 6.92 Å². The summed E-state index contributed by atoms with van der Waals surface area (Å²) < 4.78 is 2.63. The average molecular weight is 335 g/mol. The van der Waals surface area contributed by atoms with E-state index in [-0.39, 0.29) is 11.7 Å². The van der Waals surface area contributed by atoms with Crippen LogP contribution in [0.3, 0.4) is 0 Å². The number of amides is 1. The summed E-state index contributed by atoms with van der Waals surface area (Å²) in [5.41, 5.74) is 3.75. The molecule has 1 aliphatic heterocycles. The second kappa shape index (κ2) is 5.01. The number of aromatic nitrogens is 3. The minimum absolute atomic E-state index is 0.104. The molecule has 1 amide bonds. The number of hydrogen-bond acceptors (Lipinski definition) is 3. The number of rotatable bonds is 1. The summed E-state index contributed by atoms with van der Waals surface area (Å²) in [7, 11) is 1.76. The Morgan fingerprint density at radius 1 is 1.35 bits per heavy atom. The van der Waals surface area contributed by atoms with E-state index in [1.54, 1.807) is 23.0 Å². The third kappa shape index (κ3) is 2.35. The Morgan fingerprint density at radius 3 is 2.85 bits per heavy atom. The van der Waals surface area contributed by atoms with Crippen LogP contribution in [0.1, 0.15) is 27.3 Å². The molecule has 0 fully saturated rings. The molecule has 104 valence electrons. The van der Waals surface area contributed by atoms with Crippen molar-refractivity contribution in [3.05, 3.63) is 45.4 Å². The summed E-state index contributed by atoms with van der Waals surface area (Å²) in [6.07, 6.45) is 2.42. The van der Waals surface area contributed by atoms with Gasteiger partial charge in [0.2, 0.25) is 5.82 Å². The third-order valence-electron chi connectivity index (χ3n) is 3.57. The predicted octanol–water partition coefficient (Wildman–Crippen LogP) is 2.08. The Morgan fingerprint density at radius 2 is 2.15 bits per heavy atom. The molecule has 0 N–H and O–H groups in total. The molecule has 1 aromatic carbocycles. The Hall–Kier alpha value is -1.69. The summed E-state index contributed by atoms with van der Waals surface area (Å²) in [5.74, 6) is 0.162. The van der Waals surface area contributed by atoms with Crippen LogP contribution in [0.5, 0.6) is 0 Å². The number of aryl methyl sites for hydroxylation is 2. The highest BCUT2D eigenvalue weighted by Gasteiger charge is 2.24. The lowest BCUT2D eigenvalue weighted by molar-refractivity contribution is 0.0722. The van der Waals surface area contributed by atoms with E-state index in [9.17, 15) is 4.79 Å². The SMILES string of the molecule is Cc1cc2c(cc1Br)CN(C(=O)c1ncn(C)n1)CC2. The average Bonchev–Trinajstić information content (AvgIpc) is 2.85. The van der Waals surface area contributed by atoms with E-state index >= 15 is 0 Å². The fraction of sp³-hybridized carbons (Fsp3) is 0.357. The molecule has 0 saturated carbocycles. The molecule has 0 saturated heterocycles. The van der Waals surface area contributed by atoms with Crippen molar-refractivity contribution in [1.82, 2.24) is 19.7 Å². The Labute approximate surface area is 125 Å². The number of halogens is 1. The van der Waals surface area contributed by atoms with Crippen LogP contribution in [0.4, 0.5) is 0 Å². The van der Waals surface area contributed by atoms with E-state index in [0.29, 0.717) is 13.1 Å². The van der Waals surface area contributed by atoms with Gasteiger partial charge in [-0.15, -0.1) is 5.10 Å². The van der Waals surface area contributed by atoms with Gasteiger partial charge < -0.3 is 4.90 Å². The highest BCUT2D eigenvalue weighted by atomic mass is 79.9.